The number of carbonyl (C=O) groups excluding carboxylic acids is 3. The number of ether oxygens (including phenoxy) is 1. The summed E-state index contributed by atoms with van der Waals surface area (Å²) in [6, 6.07) is 15.6. The van der Waals surface area contributed by atoms with Gasteiger partial charge >= 0.3 is 12.1 Å². The summed E-state index contributed by atoms with van der Waals surface area (Å²) in [5.41, 5.74) is 0.975. The Balaban J connectivity index is 1.87. The van der Waals surface area contributed by atoms with Gasteiger partial charge in [0.2, 0.25) is 5.91 Å². The number of aliphatic hydroxyl groups excluding tert-OH is 3. The lowest BCUT2D eigenvalue weighted by Gasteiger charge is -2.33. The molecule has 2 aromatic rings. The van der Waals surface area contributed by atoms with Crippen molar-refractivity contribution in [2.45, 2.75) is 95.9 Å². The molecule has 1 saturated heterocycles. The molecular weight excluding hydrogens is 564 g/mol. The molecule has 6 atom stereocenters. The van der Waals surface area contributed by atoms with E-state index in [2.05, 4.69) is 16.0 Å². The van der Waals surface area contributed by atoms with Crippen LogP contribution in [-0.2, 0) is 22.4 Å². The molecular formula is C33H48N4O7. The van der Waals surface area contributed by atoms with Crippen molar-refractivity contribution >= 4 is 18.0 Å². The standard InChI is InChI=1S/C33H48N4O7/c1-21(2)16-26(35-31(42)37-19-27(38)28(39)20-37)30(41)34-24(17-22-12-8-6-9-13-22)29(40)25(18-23-14-10-7-11-15-23)36-32(43)44-33(3,4)5/h6-15,21,24-29,38-40H,16-20H2,1-5H3,(H,34,41)(H,35,42)(H,36,43)/t24?,25?,26-,27-,28+,29?/m0/s1. The maximum Gasteiger partial charge on any atom is 0.407 e. The number of rotatable bonds is 12. The van der Waals surface area contributed by atoms with E-state index in [1.165, 1.54) is 4.90 Å². The first kappa shape index (κ1) is 34.8. The maximum absolute atomic E-state index is 13.8. The number of aliphatic hydroxyl groups is 3. The summed E-state index contributed by atoms with van der Waals surface area (Å²) in [6.45, 7) is 9.01. The van der Waals surface area contributed by atoms with Gasteiger partial charge in [0.15, 0.2) is 0 Å². The zero-order valence-corrected chi connectivity index (χ0v) is 26.3. The van der Waals surface area contributed by atoms with Crippen LogP contribution >= 0.6 is 0 Å². The van der Waals surface area contributed by atoms with E-state index in [1.807, 2.05) is 74.5 Å². The van der Waals surface area contributed by atoms with E-state index in [-0.39, 0.29) is 31.8 Å². The third-order valence-corrected chi connectivity index (χ3v) is 7.32. The number of nitrogens with zero attached hydrogens (tertiary/aromatic N) is 1. The normalized spacial score (nSPS) is 19.5. The Bertz CT molecular complexity index is 1200. The second-order valence-corrected chi connectivity index (χ2v) is 12.9. The molecule has 0 radical (unpaired) electrons. The maximum atomic E-state index is 13.8. The number of β-amino-alcohol motifs (C(OH)–C–C–N with tert-alkyl or cyclic N) is 2. The number of carbonyl (C=O) groups is 3. The fourth-order valence-electron chi connectivity index (χ4n) is 5.15. The van der Waals surface area contributed by atoms with Crippen molar-refractivity contribution in [1.29, 1.82) is 0 Å². The second kappa shape index (κ2) is 15.9. The molecule has 6 N–H and O–H groups in total. The van der Waals surface area contributed by atoms with E-state index in [9.17, 15) is 29.7 Å². The van der Waals surface area contributed by atoms with E-state index < -0.39 is 60.1 Å². The fraction of sp³-hybridized carbons (Fsp3) is 0.545. The lowest BCUT2D eigenvalue weighted by Crippen LogP contribution is -2.59. The number of amides is 4. The molecule has 0 saturated carbocycles. The van der Waals surface area contributed by atoms with Gasteiger partial charge in [0.25, 0.3) is 0 Å². The Labute approximate surface area is 260 Å². The number of urea groups is 1. The van der Waals surface area contributed by atoms with Crippen LogP contribution in [0.4, 0.5) is 9.59 Å². The first-order valence-electron chi connectivity index (χ1n) is 15.2. The summed E-state index contributed by atoms with van der Waals surface area (Å²) in [4.78, 5) is 40.9. The van der Waals surface area contributed by atoms with Gasteiger partial charge in [0, 0.05) is 0 Å². The first-order chi connectivity index (χ1) is 20.7. The Kier molecular flexibility index (Phi) is 12.6. The van der Waals surface area contributed by atoms with Crippen molar-refractivity contribution < 1.29 is 34.4 Å². The topological polar surface area (TPSA) is 160 Å². The third-order valence-electron chi connectivity index (χ3n) is 7.32. The lowest BCUT2D eigenvalue weighted by molar-refractivity contribution is -0.125. The number of benzene rings is 2. The Hall–Kier alpha value is -3.67. The molecule has 0 bridgehead atoms. The van der Waals surface area contributed by atoms with Gasteiger partial charge in [-0.2, -0.15) is 0 Å². The minimum atomic E-state index is -1.24. The van der Waals surface area contributed by atoms with Crippen LogP contribution < -0.4 is 16.0 Å². The predicted octanol–water partition coefficient (Wildman–Crippen LogP) is 2.37. The van der Waals surface area contributed by atoms with E-state index >= 15 is 0 Å². The molecule has 1 aliphatic rings. The molecule has 3 unspecified atom stereocenters. The molecule has 1 fully saturated rings. The molecule has 4 amide bonds. The van der Waals surface area contributed by atoms with Gasteiger partial charge in [-0.15, -0.1) is 0 Å². The highest BCUT2D eigenvalue weighted by atomic mass is 16.6. The van der Waals surface area contributed by atoms with Crippen LogP contribution in [0.2, 0.25) is 0 Å². The average Bonchev–Trinajstić information content (AvgIpc) is 3.29. The number of hydrogen-bond acceptors (Lipinski definition) is 7. The van der Waals surface area contributed by atoms with Gasteiger partial charge in [-0.05, 0) is 57.1 Å². The summed E-state index contributed by atoms with van der Waals surface area (Å²) in [6.07, 6.45) is -3.21. The average molecular weight is 613 g/mol. The van der Waals surface area contributed by atoms with Crippen LogP contribution in [0.1, 0.15) is 52.2 Å². The van der Waals surface area contributed by atoms with E-state index in [0.29, 0.717) is 6.42 Å². The molecule has 0 aromatic heterocycles. The van der Waals surface area contributed by atoms with Crippen LogP contribution in [0.25, 0.3) is 0 Å². The van der Waals surface area contributed by atoms with E-state index in [4.69, 9.17) is 4.74 Å². The van der Waals surface area contributed by atoms with Gasteiger partial charge in [-0.3, -0.25) is 4.79 Å². The highest BCUT2D eigenvalue weighted by molar-refractivity contribution is 5.87. The molecule has 1 aliphatic heterocycles. The van der Waals surface area contributed by atoms with Gasteiger partial charge in [-0.1, -0.05) is 74.5 Å². The zero-order chi connectivity index (χ0) is 32.4. The van der Waals surface area contributed by atoms with Crippen molar-refractivity contribution in [3.63, 3.8) is 0 Å². The lowest BCUT2D eigenvalue weighted by atomic mass is 9.92. The number of alkyl carbamates (subject to hydrolysis) is 1. The summed E-state index contributed by atoms with van der Waals surface area (Å²) in [5, 5.41) is 40.1. The minimum Gasteiger partial charge on any atom is -0.444 e. The highest BCUT2D eigenvalue weighted by Gasteiger charge is 2.36. The quantitative estimate of drug-likeness (QED) is 0.215. The van der Waals surface area contributed by atoms with Gasteiger partial charge in [-0.25, -0.2) is 9.59 Å². The van der Waals surface area contributed by atoms with Crippen LogP contribution in [0, 0.1) is 5.92 Å². The summed E-state index contributed by atoms with van der Waals surface area (Å²) in [7, 11) is 0. The van der Waals surface area contributed by atoms with Gasteiger partial charge in [0.1, 0.15) is 11.6 Å². The van der Waals surface area contributed by atoms with Gasteiger partial charge in [0.05, 0.1) is 43.5 Å². The number of nitrogens with one attached hydrogen (secondary N) is 3. The largest absolute Gasteiger partial charge is 0.444 e. The number of hydrogen-bond donors (Lipinski definition) is 6. The molecule has 44 heavy (non-hydrogen) atoms. The zero-order valence-electron chi connectivity index (χ0n) is 26.3. The molecule has 0 aliphatic carbocycles. The minimum absolute atomic E-state index is 0.0398. The van der Waals surface area contributed by atoms with Crippen molar-refractivity contribution in [3.05, 3.63) is 71.8 Å². The van der Waals surface area contributed by atoms with Crippen LogP contribution in [0.15, 0.2) is 60.7 Å². The monoisotopic (exact) mass is 612 g/mol. The Morgan fingerprint density at radius 3 is 1.77 bits per heavy atom. The smallest absolute Gasteiger partial charge is 0.407 e. The van der Waals surface area contributed by atoms with Crippen LogP contribution in [-0.4, -0.2) is 93.4 Å². The van der Waals surface area contributed by atoms with E-state index in [1.54, 1.807) is 20.8 Å². The van der Waals surface area contributed by atoms with E-state index in [0.717, 1.165) is 11.1 Å². The third kappa shape index (κ3) is 11.1. The molecule has 242 valence electrons. The first-order valence-corrected chi connectivity index (χ1v) is 15.2. The summed E-state index contributed by atoms with van der Waals surface area (Å²) < 4.78 is 5.49. The SMILES string of the molecule is CC(C)C[C@H](NC(=O)N1C[C@@H](O)[C@@H](O)C1)C(=O)NC(Cc1ccccc1)C(O)C(Cc1ccccc1)NC(=O)OC(C)(C)C. The molecule has 0 spiro atoms. The molecule has 1 heterocycles. The molecule has 11 nitrogen and oxygen atoms in total. The van der Waals surface area contributed by atoms with Crippen molar-refractivity contribution in [2.24, 2.45) is 5.92 Å². The second-order valence-electron chi connectivity index (χ2n) is 12.9. The fourth-order valence-corrected chi connectivity index (χ4v) is 5.15. The Morgan fingerprint density at radius 1 is 0.841 bits per heavy atom. The Morgan fingerprint density at radius 2 is 1.32 bits per heavy atom. The predicted molar refractivity (Wildman–Crippen MR) is 167 cm³/mol. The van der Waals surface area contributed by atoms with Crippen molar-refractivity contribution in [1.82, 2.24) is 20.9 Å². The van der Waals surface area contributed by atoms with Crippen LogP contribution in [0.3, 0.4) is 0 Å². The summed E-state index contributed by atoms with van der Waals surface area (Å²) in [5.74, 6) is -0.457. The van der Waals surface area contributed by atoms with Gasteiger partial charge < -0.3 is 40.9 Å². The number of likely N-dealkylation sites (tertiary alicyclic amines) is 1. The van der Waals surface area contributed by atoms with Crippen molar-refractivity contribution in [3.8, 4) is 0 Å². The van der Waals surface area contributed by atoms with Crippen LogP contribution in [0.5, 0.6) is 0 Å². The molecule has 11 heteroatoms. The molecule has 3 rings (SSSR count). The highest BCUT2D eigenvalue weighted by Crippen LogP contribution is 2.17. The summed E-state index contributed by atoms with van der Waals surface area (Å²) >= 11 is 0. The molecule has 2 aromatic carbocycles. The van der Waals surface area contributed by atoms with Crippen molar-refractivity contribution in [2.75, 3.05) is 13.1 Å².